The van der Waals surface area contributed by atoms with E-state index in [1.165, 1.54) is 18.4 Å². The van der Waals surface area contributed by atoms with Gasteiger partial charge in [-0.05, 0) is 41.9 Å². The molecular formula is C17H26O2. The number of aliphatic hydroxyl groups excluding tert-OH is 1. The van der Waals surface area contributed by atoms with Crippen molar-refractivity contribution in [3.8, 4) is 5.75 Å². The first kappa shape index (κ1) is 14.4. The Morgan fingerprint density at radius 2 is 1.74 bits per heavy atom. The highest BCUT2D eigenvalue weighted by Gasteiger charge is 2.23. The largest absolute Gasteiger partial charge is 0.491 e. The third-order valence-corrected chi connectivity index (χ3v) is 4.09. The van der Waals surface area contributed by atoms with Crippen LogP contribution in [0.4, 0.5) is 0 Å². The van der Waals surface area contributed by atoms with Gasteiger partial charge in [0.1, 0.15) is 12.4 Å². The first-order chi connectivity index (χ1) is 8.97. The normalized spacial score (nSPS) is 18.5. The fourth-order valence-corrected chi connectivity index (χ4v) is 2.71. The van der Waals surface area contributed by atoms with E-state index < -0.39 is 0 Å². The van der Waals surface area contributed by atoms with Crippen LogP contribution < -0.4 is 4.74 Å². The average molecular weight is 262 g/mol. The van der Waals surface area contributed by atoms with Crippen LogP contribution in [0.3, 0.4) is 0 Å². The smallest absolute Gasteiger partial charge is 0.119 e. The molecule has 1 unspecified atom stereocenters. The second kappa shape index (κ2) is 5.96. The molecule has 0 bridgehead atoms. The summed E-state index contributed by atoms with van der Waals surface area (Å²) in [4.78, 5) is 0. The Morgan fingerprint density at radius 3 is 2.26 bits per heavy atom. The SMILES string of the molecule is CC(C)(C)c1ccc(OCC(O)C2CCCC2)cc1. The fourth-order valence-electron chi connectivity index (χ4n) is 2.71. The molecule has 0 amide bonds. The molecule has 0 spiro atoms. The van der Waals surface area contributed by atoms with Crippen molar-refractivity contribution >= 4 is 0 Å². The number of hydrogen-bond donors (Lipinski definition) is 1. The third-order valence-electron chi connectivity index (χ3n) is 4.09. The Labute approximate surface area is 116 Å². The molecule has 0 aliphatic heterocycles. The quantitative estimate of drug-likeness (QED) is 0.891. The summed E-state index contributed by atoms with van der Waals surface area (Å²) in [7, 11) is 0. The minimum atomic E-state index is -0.315. The lowest BCUT2D eigenvalue weighted by atomic mass is 9.87. The van der Waals surface area contributed by atoms with Gasteiger partial charge < -0.3 is 9.84 Å². The highest BCUT2D eigenvalue weighted by atomic mass is 16.5. The van der Waals surface area contributed by atoms with E-state index in [0.29, 0.717) is 12.5 Å². The van der Waals surface area contributed by atoms with E-state index in [2.05, 4.69) is 32.9 Å². The Hall–Kier alpha value is -1.02. The monoisotopic (exact) mass is 262 g/mol. The van der Waals surface area contributed by atoms with Gasteiger partial charge in [0.15, 0.2) is 0 Å². The van der Waals surface area contributed by atoms with Crippen molar-refractivity contribution in [1.29, 1.82) is 0 Å². The van der Waals surface area contributed by atoms with E-state index in [4.69, 9.17) is 4.74 Å². The van der Waals surface area contributed by atoms with Crippen LogP contribution in [-0.4, -0.2) is 17.8 Å². The van der Waals surface area contributed by atoms with Crippen LogP contribution >= 0.6 is 0 Å². The van der Waals surface area contributed by atoms with Crippen molar-refractivity contribution < 1.29 is 9.84 Å². The van der Waals surface area contributed by atoms with Crippen LogP contribution in [0.5, 0.6) is 5.75 Å². The second-order valence-corrected chi connectivity index (χ2v) is 6.70. The lowest BCUT2D eigenvalue weighted by Crippen LogP contribution is -2.25. The molecule has 0 radical (unpaired) electrons. The predicted octanol–water partition coefficient (Wildman–Crippen LogP) is 3.91. The molecule has 1 aromatic carbocycles. The lowest BCUT2D eigenvalue weighted by Gasteiger charge is -2.20. The van der Waals surface area contributed by atoms with Crippen molar-refractivity contribution in [3.63, 3.8) is 0 Å². The molecule has 1 aliphatic carbocycles. The van der Waals surface area contributed by atoms with Crippen LogP contribution in [0.15, 0.2) is 24.3 Å². The molecule has 1 N–H and O–H groups in total. The van der Waals surface area contributed by atoms with Gasteiger partial charge in [0.2, 0.25) is 0 Å². The van der Waals surface area contributed by atoms with Crippen molar-refractivity contribution in [2.24, 2.45) is 5.92 Å². The fraction of sp³-hybridized carbons (Fsp3) is 0.647. The van der Waals surface area contributed by atoms with Gasteiger partial charge in [-0.3, -0.25) is 0 Å². The molecule has 2 rings (SSSR count). The summed E-state index contributed by atoms with van der Waals surface area (Å²) in [5, 5.41) is 10.1. The summed E-state index contributed by atoms with van der Waals surface area (Å²) in [5.41, 5.74) is 1.47. The lowest BCUT2D eigenvalue weighted by molar-refractivity contribution is 0.0593. The Kier molecular flexibility index (Phi) is 4.51. The van der Waals surface area contributed by atoms with Gasteiger partial charge in [-0.2, -0.15) is 0 Å². The van der Waals surface area contributed by atoms with Crippen LogP contribution in [0, 0.1) is 5.92 Å². The molecular weight excluding hydrogens is 236 g/mol. The van der Waals surface area contributed by atoms with E-state index in [1.807, 2.05) is 12.1 Å². The number of ether oxygens (including phenoxy) is 1. The molecule has 106 valence electrons. The van der Waals surface area contributed by atoms with E-state index in [-0.39, 0.29) is 11.5 Å². The van der Waals surface area contributed by atoms with E-state index in [0.717, 1.165) is 18.6 Å². The zero-order valence-corrected chi connectivity index (χ0v) is 12.4. The van der Waals surface area contributed by atoms with E-state index in [9.17, 15) is 5.11 Å². The maximum atomic E-state index is 10.1. The van der Waals surface area contributed by atoms with Gasteiger partial charge in [-0.15, -0.1) is 0 Å². The standard InChI is InChI=1S/C17H26O2/c1-17(2,3)14-8-10-15(11-9-14)19-12-16(18)13-6-4-5-7-13/h8-11,13,16,18H,4-7,12H2,1-3H3. The van der Waals surface area contributed by atoms with Gasteiger partial charge in [-0.1, -0.05) is 45.7 Å². The van der Waals surface area contributed by atoms with Gasteiger partial charge >= 0.3 is 0 Å². The van der Waals surface area contributed by atoms with E-state index >= 15 is 0 Å². The van der Waals surface area contributed by atoms with Gasteiger partial charge in [0.05, 0.1) is 6.10 Å². The summed E-state index contributed by atoms with van der Waals surface area (Å²) >= 11 is 0. The zero-order chi connectivity index (χ0) is 13.9. The topological polar surface area (TPSA) is 29.5 Å². The summed E-state index contributed by atoms with van der Waals surface area (Å²) in [6, 6.07) is 8.22. The molecule has 0 heterocycles. The molecule has 0 saturated heterocycles. The average Bonchev–Trinajstić information content (AvgIpc) is 2.89. The number of rotatable bonds is 4. The predicted molar refractivity (Wildman–Crippen MR) is 78.6 cm³/mol. The molecule has 19 heavy (non-hydrogen) atoms. The molecule has 1 aliphatic rings. The van der Waals surface area contributed by atoms with Crippen molar-refractivity contribution in [2.45, 2.75) is 58.0 Å². The van der Waals surface area contributed by atoms with Crippen molar-refractivity contribution in [1.82, 2.24) is 0 Å². The molecule has 1 aromatic rings. The minimum absolute atomic E-state index is 0.169. The van der Waals surface area contributed by atoms with Gasteiger partial charge in [-0.25, -0.2) is 0 Å². The molecule has 2 nitrogen and oxygen atoms in total. The van der Waals surface area contributed by atoms with Gasteiger partial charge in [0.25, 0.3) is 0 Å². The third kappa shape index (κ3) is 3.97. The maximum absolute atomic E-state index is 10.1. The molecule has 1 fully saturated rings. The molecule has 0 aromatic heterocycles. The highest BCUT2D eigenvalue weighted by Crippen LogP contribution is 2.28. The summed E-state index contributed by atoms with van der Waals surface area (Å²) in [6.45, 7) is 7.02. The summed E-state index contributed by atoms with van der Waals surface area (Å²) in [5.74, 6) is 1.29. The Bertz CT molecular complexity index is 383. The number of hydrogen-bond acceptors (Lipinski definition) is 2. The van der Waals surface area contributed by atoms with Crippen LogP contribution in [0.2, 0.25) is 0 Å². The maximum Gasteiger partial charge on any atom is 0.119 e. The number of benzene rings is 1. The Balaban J connectivity index is 1.86. The molecule has 1 saturated carbocycles. The van der Waals surface area contributed by atoms with E-state index in [1.54, 1.807) is 0 Å². The number of aliphatic hydroxyl groups is 1. The molecule has 1 atom stereocenters. The van der Waals surface area contributed by atoms with Crippen LogP contribution in [0.25, 0.3) is 0 Å². The first-order valence-corrected chi connectivity index (χ1v) is 7.38. The first-order valence-electron chi connectivity index (χ1n) is 7.38. The Morgan fingerprint density at radius 1 is 1.16 bits per heavy atom. The van der Waals surface area contributed by atoms with Gasteiger partial charge in [0, 0.05) is 0 Å². The van der Waals surface area contributed by atoms with Crippen molar-refractivity contribution in [2.75, 3.05) is 6.61 Å². The second-order valence-electron chi connectivity index (χ2n) is 6.70. The zero-order valence-electron chi connectivity index (χ0n) is 12.4. The van der Waals surface area contributed by atoms with Crippen molar-refractivity contribution in [3.05, 3.63) is 29.8 Å². The highest BCUT2D eigenvalue weighted by molar-refractivity contribution is 5.31. The minimum Gasteiger partial charge on any atom is -0.491 e. The molecule has 2 heteroatoms. The van der Waals surface area contributed by atoms with Crippen LogP contribution in [0.1, 0.15) is 52.0 Å². The summed E-state index contributed by atoms with van der Waals surface area (Å²) in [6.07, 6.45) is 4.48. The van der Waals surface area contributed by atoms with Crippen LogP contribution in [-0.2, 0) is 5.41 Å². The summed E-state index contributed by atoms with van der Waals surface area (Å²) < 4.78 is 5.70.